The molecule has 1 fully saturated rings. The minimum absolute atomic E-state index is 0.00789. The maximum absolute atomic E-state index is 13.2. The van der Waals surface area contributed by atoms with Crippen LogP contribution in [0.15, 0.2) is 35.5 Å². The van der Waals surface area contributed by atoms with Crippen LogP contribution in [0.5, 0.6) is 0 Å². The van der Waals surface area contributed by atoms with Gasteiger partial charge in [-0.25, -0.2) is 9.18 Å². The molecule has 2 amide bonds. The van der Waals surface area contributed by atoms with E-state index >= 15 is 0 Å². The van der Waals surface area contributed by atoms with Crippen molar-refractivity contribution < 1.29 is 18.7 Å². The minimum Gasteiger partial charge on any atom is -0.446 e. The van der Waals surface area contributed by atoms with Crippen LogP contribution in [-0.4, -0.2) is 46.7 Å². The summed E-state index contributed by atoms with van der Waals surface area (Å²) in [7, 11) is 1.68. The van der Waals surface area contributed by atoms with Crippen LogP contribution in [0.3, 0.4) is 0 Å². The molecule has 0 unspecified atom stereocenters. The molecule has 166 valence electrons. The molecule has 0 saturated heterocycles. The topological polar surface area (TPSA) is 124 Å². The molecule has 0 radical (unpaired) electrons. The third-order valence-electron chi connectivity index (χ3n) is 4.97. The number of benzene rings is 1. The Morgan fingerprint density at radius 1 is 1.29 bits per heavy atom. The summed E-state index contributed by atoms with van der Waals surface area (Å²) in [5, 5.41) is 10.2. The number of carbonyl (C=O) groups is 2. The fourth-order valence-electron chi connectivity index (χ4n) is 3.52. The van der Waals surface area contributed by atoms with Crippen molar-refractivity contribution in [3.63, 3.8) is 0 Å². The summed E-state index contributed by atoms with van der Waals surface area (Å²) < 4.78 is 20.3. The van der Waals surface area contributed by atoms with Crippen molar-refractivity contribution in [3.8, 4) is 0 Å². The lowest BCUT2D eigenvalue weighted by molar-refractivity contribution is 0.0859. The molecule has 9 nitrogen and oxygen atoms in total. The van der Waals surface area contributed by atoms with Gasteiger partial charge in [0, 0.05) is 37.1 Å². The van der Waals surface area contributed by atoms with E-state index in [1.54, 1.807) is 30.1 Å². The molecule has 31 heavy (non-hydrogen) atoms. The van der Waals surface area contributed by atoms with Crippen molar-refractivity contribution in [1.29, 1.82) is 0 Å². The highest BCUT2D eigenvalue weighted by Gasteiger charge is 2.31. The molecular weight excluding hydrogens is 403 g/mol. The van der Waals surface area contributed by atoms with Crippen LogP contribution in [0.4, 0.5) is 20.7 Å². The maximum atomic E-state index is 13.2. The zero-order chi connectivity index (χ0) is 22.5. The number of ether oxygens (including phenoxy) is 1. The van der Waals surface area contributed by atoms with Gasteiger partial charge in [-0.3, -0.25) is 14.5 Å². The molecule has 1 aliphatic rings. The van der Waals surface area contributed by atoms with Crippen LogP contribution in [-0.2, 0) is 4.74 Å². The van der Waals surface area contributed by atoms with Crippen molar-refractivity contribution in [2.24, 2.45) is 10.7 Å². The smallest absolute Gasteiger partial charge is 0.407 e. The molecule has 1 aromatic carbocycles. The number of amides is 2. The Morgan fingerprint density at radius 2 is 2.00 bits per heavy atom. The molecule has 0 spiro atoms. The Labute approximate surface area is 179 Å². The minimum atomic E-state index is -0.631. The van der Waals surface area contributed by atoms with Crippen LogP contribution in [0.25, 0.3) is 0 Å². The third-order valence-corrected chi connectivity index (χ3v) is 4.97. The highest BCUT2D eigenvalue weighted by Crippen LogP contribution is 2.30. The van der Waals surface area contributed by atoms with Crippen LogP contribution >= 0.6 is 0 Å². The first kappa shape index (κ1) is 22.3. The summed E-state index contributed by atoms with van der Waals surface area (Å²) in [6, 6.07) is 5.50. The number of rotatable bonds is 6. The van der Waals surface area contributed by atoms with E-state index in [2.05, 4.69) is 20.7 Å². The first-order valence-corrected chi connectivity index (χ1v) is 10.1. The summed E-state index contributed by atoms with van der Waals surface area (Å²) in [4.78, 5) is 28.2. The van der Waals surface area contributed by atoms with Crippen LogP contribution in [0, 0.1) is 5.82 Å². The molecule has 0 bridgehead atoms. The van der Waals surface area contributed by atoms with Gasteiger partial charge in [0.1, 0.15) is 17.5 Å². The lowest BCUT2D eigenvalue weighted by Gasteiger charge is -2.30. The van der Waals surface area contributed by atoms with E-state index in [4.69, 9.17) is 10.5 Å². The lowest BCUT2D eigenvalue weighted by Crippen LogP contribution is -2.38. The standard InChI is InChI=1S/C21H27FN6O3/c1-12(2)25-21(30)31-15-8-9-18(17(10-15)24-3)28-11-16(19(23)29)20(27-28)26-14-6-4-13(22)5-7-14/h4-7,11-12,15,18H,8-10H2,1-3H3,(H2,23,29)(H,25,30)(H,26,27)/t15-,18+/m1/s1. The number of hydrogen-bond donors (Lipinski definition) is 3. The number of aliphatic imine (C=N–C) groups is 1. The van der Waals surface area contributed by atoms with Gasteiger partial charge in [-0.05, 0) is 51.0 Å². The molecule has 1 aliphatic carbocycles. The quantitative estimate of drug-likeness (QED) is 0.649. The second kappa shape index (κ2) is 9.59. The van der Waals surface area contributed by atoms with Gasteiger partial charge >= 0.3 is 6.09 Å². The number of nitrogens with zero attached hydrogens (tertiary/aromatic N) is 3. The van der Waals surface area contributed by atoms with E-state index in [0.29, 0.717) is 24.9 Å². The molecule has 2 aromatic rings. The van der Waals surface area contributed by atoms with Gasteiger partial charge < -0.3 is 21.1 Å². The van der Waals surface area contributed by atoms with Gasteiger partial charge in [-0.2, -0.15) is 5.10 Å². The van der Waals surface area contributed by atoms with Gasteiger partial charge in [0.15, 0.2) is 5.82 Å². The number of primary amides is 1. The molecule has 2 atom stereocenters. The van der Waals surface area contributed by atoms with Gasteiger partial charge in [-0.15, -0.1) is 0 Å². The highest BCUT2D eigenvalue weighted by atomic mass is 19.1. The summed E-state index contributed by atoms with van der Waals surface area (Å²) in [6.07, 6.45) is 2.58. The number of nitrogens with one attached hydrogen (secondary N) is 2. The Morgan fingerprint density at radius 3 is 2.61 bits per heavy atom. The van der Waals surface area contributed by atoms with Crippen molar-refractivity contribution in [3.05, 3.63) is 41.8 Å². The Balaban J connectivity index is 1.76. The summed E-state index contributed by atoms with van der Waals surface area (Å²) in [5.74, 6) is -0.714. The molecule has 1 aromatic heterocycles. The van der Waals surface area contributed by atoms with Crippen LogP contribution in [0.1, 0.15) is 49.5 Å². The summed E-state index contributed by atoms with van der Waals surface area (Å²) in [5.41, 5.74) is 7.13. The Hall–Kier alpha value is -3.43. The Bertz CT molecular complexity index is 970. The first-order chi connectivity index (χ1) is 14.8. The molecule has 3 rings (SSSR count). The van der Waals surface area contributed by atoms with Gasteiger partial charge in [0.05, 0.1) is 6.04 Å². The molecule has 1 heterocycles. The second-order valence-corrected chi connectivity index (χ2v) is 7.71. The highest BCUT2D eigenvalue weighted by molar-refractivity contribution is 5.98. The normalized spacial score (nSPS) is 20.0. The SMILES string of the molecule is CN=C1C[C@H](OC(=O)NC(C)C)CC[C@@H]1n1cc(C(N)=O)c(Nc2ccc(F)cc2)n1. The first-order valence-electron chi connectivity index (χ1n) is 10.1. The van der Waals surface area contributed by atoms with Crippen LogP contribution in [0.2, 0.25) is 0 Å². The van der Waals surface area contributed by atoms with Gasteiger partial charge in [-0.1, -0.05) is 0 Å². The molecular formula is C21H27FN6O3. The van der Waals surface area contributed by atoms with E-state index in [0.717, 1.165) is 5.71 Å². The van der Waals surface area contributed by atoms with Gasteiger partial charge in [0.2, 0.25) is 0 Å². The van der Waals surface area contributed by atoms with Crippen molar-refractivity contribution in [2.75, 3.05) is 12.4 Å². The Kier molecular flexibility index (Phi) is 6.88. The zero-order valence-electron chi connectivity index (χ0n) is 17.8. The van der Waals surface area contributed by atoms with Crippen LogP contribution < -0.4 is 16.4 Å². The van der Waals surface area contributed by atoms with Gasteiger partial charge in [0.25, 0.3) is 5.91 Å². The van der Waals surface area contributed by atoms with Crippen molar-refractivity contribution in [1.82, 2.24) is 15.1 Å². The van der Waals surface area contributed by atoms with E-state index < -0.39 is 12.0 Å². The molecule has 0 aliphatic heterocycles. The maximum Gasteiger partial charge on any atom is 0.407 e. The summed E-state index contributed by atoms with van der Waals surface area (Å²) >= 11 is 0. The average molecular weight is 430 g/mol. The molecule has 4 N–H and O–H groups in total. The summed E-state index contributed by atoms with van der Waals surface area (Å²) in [6.45, 7) is 3.73. The zero-order valence-corrected chi connectivity index (χ0v) is 17.8. The second-order valence-electron chi connectivity index (χ2n) is 7.71. The fraction of sp³-hybridized carbons (Fsp3) is 0.429. The predicted molar refractivity (Wildman–Crippen MR) is 115 cm³/mol. The molecule has 10 heteroatoms. The number of carbonyl (C=O) groups excluding carboxylic acids is 2. The number of nitrogens with two attached hydrogens (primary N) is 1. The number of halogens is 1. The van der Waals surface area contributed by atoms with Crippen molar-refractivity contribution in [2.45, 2.75) is 51.3 Å². The van der Waals surface area contributed by atoms with E-state index in [-0.39, 0.29) is 35.4 Å². The number of alkyl carbamates (subject to hydrolysis) is 1. The number of hydrogen-bond acceptors (Lipinski definition) is 6. The average Bonchev–Trinajstić information content (AvgIpc) is 3.12. The lowest BCUT2D eigenvalue weighted by atomic mass is 9.91. The monoisotopic (exact) mass is 430 g/mol. The predicted octanol–water partition coefficient (Wildman–Crippen LogP) is 3.16. The fourth-order valence-corrected chi connectivity index (χ4v) is 3.52. The van der Waals surface area contributed by atoms with E-state index in [1.165, 1.54) is 12.1 Å². The van der Waals surface area contributed by atoms with E-state index in [9.17, 15) is 14.0 Å². The third kappa shape index (κ3) is 5.59. The van der Waals surface area contributed by atoms with Crippen molar-refractivity contribution >= 4 is 29.2 Å². The number of anilines is 2. The van der Waals surface area contributed by atoms with E-state index in [1.807, 2.05) is 13.8 Å². The largest absolute Gasteiger partial charge is 0.446 e. The number of aromatic nitrogens is 2. The molecule has 1 saturated carbocycles.